The zero-order valence-electron chi connectivity index (χ0n) is 12.1. The van der Waals surface area contributed by atoms with Crippen LogP contribution in [0.25, 0.3) is 0 Å². The molecule has 4 N–H and O–H groups in total. The number of carbonyl (C=O) groups is 4. The Morgan fingerprint density at radius 3 is 2.33 bits per heavy atom. The number of carbonyl (C=O) groups excluding carboxylic acids is 3. The summed E-state index contributed by atoms with van der Waals surface area (Å²) >= 11 is 0. The van der Waals surface area contributed by atoms with Crippen LogP contribution in [-0.4, -0.2) is 55.2 Å². The van der Waals surface area contributed by atoms with Gasteiger partial charge in [-0.3, -0.25) is 9.59 Å². The zero-order valence-corrected chi connectivity index (χ0v) is 12.1. The Morgan fingerprint density at radius 2 is 1.81 bits per heavy atom. The lowest BCUT2D eigenvalue weighted by molar-refractivity contribution is -0.147. The molecule has 0 fully saturated rings. The van der Waals surface area contributed by atoms with Crippen LogP contribution in [0.2, 0.25) is 0 Å². The molecule has 21 heavy (non-hydrogen) atoms. The number of hydrogen-bond donors (Lipinski definition) is 4. The van der Waals surface area contributed by atoms with Crippen LogP contribution in [0.1, 0.15) is 26.2 Å². The maximum Gasteiger partial charge on any atom is 0.326 e. The van der Waals surface area contributed by atoms with Crippen molar-refractivity contribution >= 4 is 23.9 Å². The van der Waals surface area contributed by atoms with Gasteiger partial charge in [0, 0.05) is 19.5 Å². The number of ether oxygens (including phenoxy) is 1. The molecule has 0 aliphatic rings. The van der Waals surface area contributed by atoms with E-state index in [9.17, 15) is 19.2 Å². The number of amides is 3. The first-order chi connectivity index (χ1) is 9.90. The van der Waals surface area contributed by atoms with E-state index in [-0.39, 0.29) is 18.9 Å². The first-order valence-corrected chi connectivity index (χ1v) is 6.51. The fourth-order valence-electron chi connectivity index (χ4n) is 1.30. The molecule has 0 rings (SSSR count). The second-order valence-corrected chi connectivity index (χ2v) is 4.17. The Hall–Kier alpha value is -2.32. The first kappa shape index (κ1) is 18.7. The molecule has 3 amide bonds. The van der Waals surface area contributed by atoms with Crippen molar-refractivity contribution in [3.05, 3.63) is 0 Å². The van der Waals surface area contributed by atoms with Crippen LogP contribution in [0.4, 0.5) is 4.79 Å². The van der Waals surface area contributed by atoms with E-state index >= 15 is 0 Å². The lowest BCUT2D eigenvalue weighted by Gasteiger charge is -2.14. The molecule has 0 aromatic rings. The molecule has 0 spiro atoms. The van der Waals surface area contributed by atoms with E-state index in [0.717, 1.165) is 13.5 Å². The average molecular weight is 303 g/mol. The third-order valence-electron chi connectivity index (χ3n) is 2.41. The molecule has 9 heteroatoms. The number of carboxylic acids is 1. The number of methoxy groups -OCH3 is 1. The van der Waals surface area contributed by atoms with Gasteiger partial charge in [-0.05, 0) is 6.42 Å². The monoisotopic (exact) mass is 303 g/mol. The Morgan fingerprint density at radius 1 is 1.14 bits per heavy atom. The van der Waals surface area contributed by atoms with Crippen LogP contribution >= 0.6 is 0 Å². The van der Waals surface area contributed by atoms with Gasteiger partial charge in [0.2, 0.25) is 5.91 Å². The van der Waals surface area contributed by atoms with Crippen molar-refractivity contribution in [2.24, 2.45) is 0 Å². The van der Waals surface area contributed by atoms with E-state index in [4.69, 9.17) is 5.11 Å². The maximum absolute atomic E-state index is 11.5. The van der Waals surface area contributed by atoms with E-state index in [1.807, 2.05) is 6.92 Å². The fraction of sp³-hybridized carbons (Fsp3) is 0.667. The van der Waals surface area contributed by atoms with Crippen molar-refractivity contribution < 1.29 is 29.0 Å². The number of carboxylic acid groups (broad SMARTS) is 1. The highest BCUT2D eigenvalue weighted by Crippen LogP contribution is 1.95. The number of urea groups is 1. The highest BCUT2D eigenvalue weighted by molar-refractivity contribution is 5.86. The maximum atomic E-state index is 11.5. The SMILES string of the molecule is CCCNC(=O)CCNC(=O)N[C@@H](CC(=O)OC)C(=O)O. The molecule has 0 radical (unpaired) electrons. The summed E-state index contributed by atoms with van der Waals surface area (Å²) in [5.74, 6) is -2.31. The molecule has 120 valence electrons. The van der Waals surface area contributed by atoms with Gasteiger partial charge >= 0.3 is 18.0 Å². The quantitative estimate of drug-likeness (QED) is 0.413. The summed E-state index contributed by atoms with van der Waals surface area (Å²) in [7, 11) is 1.12. The van der Waals surface area contributed by atoms with Crippen LogP contribution in [0.3, 0.4) is 0 Å². The van der Waals surface area contributed by atoms with Crippen LogP contribution in [0, 0.1) is 0 Å². The van der Waals surface area contributed by atoms with Crippen molar-refractivity contribution in [1.82, 2.24) is 16.0 Å². The Bertz CT molecular complexity index is 385. The van der Waals surface area contributed by atoms with Gasteiger partial charge < -0.3 is 25.8 Å². The molecule has 0 saturated heterocycles. The van der Waals surface area contributed by atoms with Crippen LogP contribution in [0.15, 0.2) is 0 Å². The minimum Gasteiger partial charge on any atom is -0.480 e. The summed E-state index contributed by atoms with van der Waals surface area (Å²) in [4.78, 5) is 44.6. The highest BCUT2D eigenvalue weighted by atomic mass is 16.5. The summed E-state index contributed by atoms with van der Waals surface area (Å²) < 4.78 is 4.34. The van der Waals surface area contributed by atoms with Crippen LogP contribution in [0.5, 0.6) is 0 Å². The minimum absolute atomic E-state index is 0.0615. The average Bonchev–Trinajstić information content (AvgIpc) is 2.43. The van der Waals surface area contributed by atoms with Crippen LogP contribution in [-0.2, 0) is 19.1 Å². The van der Waals surface area contributed by atoms with Crippen molar-refractivity contribution in [1.29, 1.82) is 0 Å². The summed E-state index contributed by atoms with van der Waals surface area (Å²) in [5, 5.41) is 16.0. The predicted octanol–water partition coefficient (Wildman–Crippen LogP) is -0.782. The topological polar surface area (TPSA) is 134 Å². The third-order valence-corrected chi connectivity index (χ3v) is 2.41. The summed E-state index contributed by atoms with van der Waals surface area (Å²) in [5.41, 5.74) is 0. The van der Waals surface area contributed by atoms with E-state index in [2.05, 4.69) is 20.7 Å². The molecule has 0 heterocycles. The molecule has 0 aliphatic heterocycles. The fourth-order valence-corrected chi connectivity index (χ4v) is 1.30. The molecule has 0 unspecified atom stereocenters. The number of hydrogen-bond acceptors (Lipinski definition) is 5. The first-order valence-electron chi connectivity index (χ1n) is 6.51. The lowest BCUT2D eigenvalue weighted by atomic mass is 10.2. The van der Waals surface area contributed by atoms with Crippen molar-refractivity contribution in [3.63, 3.8) is 0 Å². The molecular weight excluding hydrogens is 282 g/mol. The molecule has 0 bridgehead atoms. The van der Waals surface area contributed by atoms with Gasteiger partial charge in [0.15, 0.2) is 0 Å². The highest BCUT2D eigenvalue weighted by Gasteiger charge is 2.23. The zero-order chi connectivity index (χ0) is 16.3. The van der Waals surface area contributed by atoms with Crippen molar-refractivity contribution in [3.8, 4) is 0 Å². The van der Waals surface area contributed by atoms with Gasteiger partial charge in [0.05, 0.1) is 13.5 Å². The van der Waals surface area contributed by atoms with Crippen molar-refractivity contribution in [2.75, 3.05) is 20.2 Å². The lowest BCUT2D eigenvalue weighted by Crippen LogP contribution is -2.47. The van der Waals surface area contributed by atoms with Gasteiger partial charge in [-0.15, -0.1) is 0 Å². The standard InChI is InChI=1S/C12H21N3O6/c1-3-5-13-9(16)4-6-14-12(20)15-8(11(18)19)7-10(17)21-2/h8H,3-7H2,1-2H3,(H,13,16)(H,18,19)(H2,14,15,20)/t8-/m0/s1. The molecule has 9 nitrogen and oxygen atoms in total. The molecular formula is C12H21N3O6. The summed E-state index contributed by atoms with van der Waals surface area (Å²) in [6.07, 6.45) is 0.422. The number of esters is 1. The molecule has 1 atom stereocenters. The second kappa shape index (κ2) is 10.5. The predicted molar refractivity (Wildman–Crippen MR) is 72.5 cm³/mol. The van der Waals surface area contributed by atoms with Crippen LogP contribution < -0.4 is 16.0 Å². The number of nitrogens with one attached hydrogen (secondary N) is 3. The minimum atomic E-state index is -1.38. The smallest absolute Gasteiger partial charge is 0.326 e. The van der Waals surface area contributed by atoms with Gasteiger partial charge in [-0.1, -0.05) is 6.92 Å². The Kier molecular flexibility index (Phi) is 9.31. The van der Waals surface area contributed by atoms with E-state index in [0.29, 0.717) is 6.54 Å². The van der Waals surface area contributed by atoms with E-state index in [1.165, 1.54) is 0 Å². The summed E-state index contributed by atoms with van der Waals surface area (Å²) in [6.45, 7) is 2.54. The molecule has 0 aromatic heterocycles. The van der Waals surface area contributed by atoms with Gasteiger partial charge in [-0.2, -0.15) is 0 Å². The normalized spacial score (nSPS) is 11.1. The molecule has 0 saturated carbocycles. The van der Waals surface area contributed by atoms with Gasteiger partial charge in [0.1, 0.15) is 6.04 Å². The van der Waals surface area contributed by atoms with Crippen molar-refractivity contribution in [2.45, 2.75) is 32.2 Å². The Balaban J connectivity index is 4.06. The third kappa shape index (κ3) is 9.25. The Labute approximate surface area is 122 Å². The largest absolute Gasteiger partial charge is 0.480 e. The molecule has 0 aromatic carbocycles. The number of rotatable bonds is 9. The summed E-state index contributed by atoms with van der Waals surface area (Å²) in [6, 6.07) is -2.15. The van der Waals surface area contributed by atoms with Gasteiger partial charge in [-0.25, -0.2) is 9.59 Å². The number of aliphatic carboxylic acids is 1. The van der Waals surface area contributed by atoms with Gasteiger partial charge in [0.25, 0.3) is 0 Å². The second-order valence-electron chi connectivity index (χ2n) is 4.17. The van der Waals surface area contributed by atoms with E-state index < -0.39 is 30.4 Å². The van der Waals surface area contributed by atoms with E-state index in [1.54, 1.807) is 0 Å². The molecule has 0 aliphatic carbocycles.